The lowest BCUT2D eigenvalue weighted by molar-refractivity contribution is -0.135. The number of piperidine rings is 1. The maximum atomic E-state index is 14.4. The van der Waals surface area contributed by atoms with E-state index in [0.29, 0.717) is 37.6 Å². The van der Waals surface area contributed by atoms with Crippen molar-refractivity contribution >= 4 is 11.6 Å². The van der Waals surface area contributed by atoms with E-state index < -0.39 is 0 Å². The van der Waals surface area contributed by atoms with Gasteiger partial charge in [0.2, 0.25) is 5.91 Å². The molecule has 2 atom stereocenters. The van der Waals surface area contributed by atoms with Gasteiger partial charge in [0.1, 0.15) is 5.82 Å². The Bertz CT molecular complexity index is 1070. The van der Waals surface area contributed by atoms with Crippen LogP contribution in [0.4, 0.5) is 10.1 Å². The Morgan fingerprint density at radius 1 is 0.842 bits per heavy atom. The molecule has 1 amide bonds. The zero-order chi connectivity index (χ0) is 25.9. The molecule has 3 heterocycles. The van der Waals surface area contributed by atoms with Crippen molar-refractivity contribution in [3.63, 3.8) is 0 Å². The summed E-state index contributed by atoms with van der Waals surface area (Å²) in [5.74, 6) is 0.616. The number of nitrogens with zero attached hydrogens (tertiary/aromatic N) is 4. The van der Waals surface area contributed by atoms with Gasteiger partial charge < -0.3 is 14.5 Å². The van der Waals surface area contributed by atoms with Gasteiger partial charge in [-0.3, -0.25) is 14.6 Å². The van der Waals surface area contributed by atoms with Crippen molar-refractivity contribution in [2.24, 2.45) is 5.92 Å². The molecule has 0 aromatic heterocycles. The third-order valence-corrected chi connectivity index (χ3v) is 9.34. The highest BCUT2D eigenvalue weighted by Crippen LogP contribution is 2.33. The van der Waals surface area contributed by atoms with E-state index in [0.717, 1.165) is 83.7 Å². The van der Waals surface area contributed by atoms with E-state index in [2.05, 4.69) is 39.0 Å². The van der Waals surface area contributed by atoms with Crippen LogP contribution in [-0.2, 0) is 22.4 Å². The van der Waals surface area contributed by atoms with Gasteiger partial charge in [0.15, 0.2) is 0 Å². The van der Waals surface area contributed by atoms with Gasteiger partial charge in [-0.05, 0) is 61.4 Å². The van der Waals surface area contributed by atoms with Gasteiger partial charge >= 0.3 is 0 Å². The van der Waals surface area contributed by atoms with Crippen LogP contribution in [0.2, 0.25) is 0 Å². The first-order chi connectivity index (χ1) is 18.7. The molecule has 0 unspecified atom stereocenters. The molecule has 3 aliphatic heterocycles. The fourth-order valence-electron chi connectivity index (χ4n) is 7.22. The highest BCUT2D eigenvalue weighted by Gasteiger charge is 2.38. The van der Waals surface area contributed by atoms with E-state index in [1.165, 1.54) is 11.1 Å². The van der Waals surface area contributed by atoms with Gasteiger partial charge in [0.05, 0.1) is 18.9 Å². The molecule has 2 aromatic rings. The van der Waals surface area contributed by atoms with Crippen LogP contribution in [0, 0.1) is 11.7 Å². The highest BCUT2D eigenvalue weighted by molar-refractivity contribution is 5.76. The van der Waals surface area contributed by atoms with Crippen molar-refractivity contribution in [1.29, 1.82) is 0 Å². The van der Waals surface area contributed by atoms with Crippen LogP contribution in [0.3, 0.4) is 0 Å². The van der Waals surface area contributed by atoms with Crippen LogP contribution in [-0.4, -0.2) is 98.3 Å². The Balaban J connectivity index is 1.11. The van der Waals surface area contributed by atoms with Gasteiger partial charge in [0.25, 0.3) is 0 Å². The van der Waals surface area contributed by atoms with Gasteiger partial charge in [-0.15, -0.1) is 0 Å². The number of rotatable bonds is 6. The lowest BCUT2D eigenvalue weighted by Crippen LogP contribution is -2.58. The summed E-state index contributed by atoms with van der Waals surface area (Å²) in [6.45, 7) is 8.51. The van der Waals surface area contributed by atoms with Crippen LogP contribution in [0.5, 0.6) is 0 Å². The first kappa shape index (κ1) is 25.8. The number of likely N-dealkylation sites (tertiary alicyclic amines) is 1. The average molecular weight is 521 g/mol. The molecule has 4 aliphatic rings. The minimum Gasteiger partial charge on any atom is -0.378 e. The number of anilines is 1. The Morgan fingerprint density at radius 3 is 2.24 bits per heavy atom. The summed E-state index contributed by atoms with van der Waals surface area (Å²) in [5.41, 5.74) is 3.72. The van der Waals surface area contributed by atoms with Crippen molar-refractivity contribution in [1.82, 2.24) is 14.7 Å². The van der Waals surface area contributed by atoms with Crippen LogP contribution in [0.15, 0.2) is 48.5 Å². The fraction of sp³-hybridized carbons (Fsp3) is 0.581. The quantitative estimate of drug-likeness (QED) is 0.584. The first-order valence-corrected chi connectivity index (χ1v) is 14.6. The number of hydrogen-bond donors (Lipinski definition) is 0. The molecular formula is C31H41FN4O2. The second-order valence-corrected chi connectivity index (χ2v) is 11.4. The molecule has 0 N–H and O–H groups in total. The van der Waals surface area contributed by atoms with Crippen molar-refractivity contribution < 1.29 is 13.9 Å². The monoisotopic (exact) mass is 520 g/mol. The zero-order valence-corrected chi connectivity index (χ0v) is 22.4. The Labute approximate surface area is 226 Å². The van der Waals surface area contributed by atoms with Crippen molar-refractivity contribution in [3.8, 4) is 0 Å². The van der Waals surface area contributed by atoms with Crippen LogP contribution in [0.1, 0.15) is 30.4 Å². The minimum atomic E-state index is -0.133. The molecule has 0 radical (unpaired) electrons. The predicted octanol–water partition coefficient (Wildman–Crippen LogP) is 3.44. The smallest absolute Gasteiger partial charge is 0.222 e. The third-order valence-electron chi connectivity index (χ3n) is 9.34. The topological polar surface area (TPSA) is 39.3 Å². The number of fused-ring (bicyclic) bond motifs is 1. The summed E-state index contributed by atoms with van der Waals surface area (Å²) >= 11 is 0. The van der Waals surface area contributed by atoms with E-state index in [1.54, 1.807) is 12.1 Å². The molecular weight excluding hydrogens is 479 g/mol. The summed E-state index contributed by atoms with van der Waals surface area (Å²) < 4.78 is 19.9. The van der Waals surface area contributed by atoms with Crippen LogP contribution >= 0.6 is 0 Å². The molecule has 204 valence electrons. The summed E-state index contributed by atoms with van der Waals surface area (Å²) in [6, 6.07) is 17.1. The molecule has 3 saturated heterocycles. The number of carbonyl (C=O) groups excluding carboxylic acids is 1. The number of amides is 1. The summed E-state index contributed by atoms with van der Waals surface area (Å²) in [7, 11) is 0. The SMILES string of the molecule is O=C(CC[C@@H]1CN(C2Cc3ccccc3C2)CC[C@@H]1N1CCN(c2ccccc2F)CC1)N1CCOCC1. The number of carbonyl (C=O) groups is 1. The van der Waals surface area contributed by atoms with E-state index >= 15 is 0 Å². The van der Waals surface area contributed by atoms with E-state index in [1.807, 2.05) is 17.0 Å². The van der Waals surface area contributed by atoms with Crippen LogP contribution < -0.4 is 4.90 Å². The number of piperazine rings is 1. The third kappa shape index (κ3) is 5.61. The molecule has 7 heteroatoms. The molecule has 0 bridgehead atoms. The van der Waals surface area contributed by atoms with Gasteiger partial charge in [0, 0.05) is 64.3 Å². The number of ether oxygens (including phenoxy) is 1. The minimum absolute atomic E-state index is 0.133. The molecule has 6 rings (SSSR count). The summed E-state index contributed by atoms with van der Waals surface area (Å²) in [4.78, 5) is 22.6. The lowest BCUT2D eigenvalue weighted by atomic mass is 9.85. The van der Waals surface area contributed by atoms with Crippen molar-refractivity contribution in [3.05, 3.63) is 65.5 Å². The van der Waals surface area contributed by atoms with Crippen molar-refractivity contribution in [2.45, 2.75) is 44.2 Å². The maximum absolute atomic E-state index is 14.4. The second kappa shape index (κ2) is 11.7. The highest BCUT2D eigenvalue weighted by atomic mass is 19.1. The Hall–Kier alpha value is -2.48. The first-order valence-electron chi connectivity index (χ1n) is 14.6. The van der Waals surface area contributed by atoms with E-state index in [9.17, 15) is 9.18 Å². The summed E-state index contributed by atoms with van der Waals surface area (Å²) in [5, 5.41) is 0. The second-order valence-electron chi connectivity index (χ2n) is 11.4. The fourth-order valence-corrected chi connectivity index (χ4v) is 7.22. The number of benzene rings is 2. The van der Waals surface area contributed by atoms with E-state index in [4.69, 9.17) is 4.74 Å². The molecule has 3 fully saturated rings. The van der Waals surface area contributed by atoms with Gasteiger partial charge in [-0.25, -0.2) is 4.39 Å². The molecule has 1 aliphatic carbocycles. The average Bonchev–Trinajstić information content (AvgIpc) is 3.41. The maximum Gasteiger partial charge on any atom is 0.222 e. The molecule has 0 spiro atoms. The van der Waals surface area contributed by atoms with Crippen molar-refractivity contribution in [2.75, 3.05) is 70.5 Å². The number of halogens is 1. The molecule has 2 aromatic carbocycles. The predicted molar refractivity (Wildman–Crippen MR) is 148 cm³/mol. The standard InChI is InChI=1S/C31H41FN4O2/c32-28-7-3-4-8-30(28)34-15-13-33(14-16-34)29-11-12-36(27-21-24-5-1-2-6-25(24)22-27)23-26(29)9-10-31(37)35-17-19-38-20-18-35/h1-8,26-27,29H,9-23H2/t26-,29+/m1/s1. The van der Waals surface area contributed by atoms with E-state index in [-0.39, 0.29) is 11.7 Å². The number of morpholine rings is 1. The largest absolute Gasteiger partial charge is 0.378 e. The molecule has 6 nitrogen and oxygen atoms in total. The Kier molecular flexibility index (Phi) is 7.95. The molecule has 38 heavy (non-hydrogen) atoms. The van der Waals surface area contributed by atoms with Gasteiger partial charge in [-0.1, -0.05) is 36.4 Å². The van der Waals surface area contributed by atoms with Crippen LogP contribution in [0.25, 0.3) is 0 Å². The number of para-hydroxylation sites is 1. The molecule has 0 saturated carbocycles. The van der Waals surface area contributed by atoms with Gasteiger partial charge in [-0.2, -0.15) is 0 Å². The normalized spacial score (nSPS) is 25.5. The summed E-state index contributed by atoms with van der Waals surface area (Å²) in [6.07, 6.45) is 4.98. The number of hydrogen-bond acceptors (Lipinski definition) is 5. The lowest BCUT2D eigenvalue weighted by Gasteiger charge is -2.48. The zero-order valence-electron chi connectivity index (χ0n) is 22.4. The Morgan fingerprint density at radius 2 is 1.53 bits per heavy atom.